The molecule has 0 radical (unpaired) electrons. The van der Waals surface area contributed by atoms with Crippen LogP contribution in [0.2, 0.25) is 5.02 Å². The van der Waals surface area contributed by atoms with Crippen molar-refractivity contribution in [2.45, 2.75) is 45.4 Å². The zero-order valence-electron chi connectivity index (χ0n) is 16.7. The third-order valence-corrected chi connectivity index (χ3v) is 5.62. The highest BCUT2D eigenvalue weighted by Gasteiger charge is 2.23. The number of nitrogens with two attached hydrogens (primary N) is 1. The van der Waals surface area contributed by atoms with Crippen molar-refractivity contribution in [1.82, 2.24) is 9.55 Å². The fourth-order valence-corrected chi connectivity index (χ4v) is 3.86. The summed E-state index contributed by atoms with van der Waals surface area (Å²) in [6, 6.07) is 7.44. The van der Waals surface area contributed by atoms with Crippen molar-refractivity contribution in [1.29, 1.82) is 0 Å². The van der Waals surface area contributed by atoms with Crippen molar-refractivity contribution in [2.24, 2.45) is 0 Å². The average Bonchev–Trinajstić information content (AvgIpc) is 2.68. The monoisotopic (exact) mass is 438 g/mol. The molecule has 1 amide bonds. The number of nitrogens with one attached hydrogen (secondary N) is 1. The first-order chi connectivity index (χ1) is 13.9. The molecule has 2 rings (SSSR count). The van der Waals surface area contributed by atoms with Crippen LogP contribution in [0.25, 0.3) is 0 Å². The lowest BCUT2D eigenvalue weighted by molar-refractivity contribution is -0.116. The van der Waals surface area contributed by atoms with E-state index in [-0.39, 0.29) is 23.2 Å². The molecule has 158 valence electrons. The van der Waals surface area contributed by atoms with Gasteiger partial charge in [0.1, 0.15) is 5.82 Å². The molecule has 3 N–H and O–H groups in total. The molecular weight excluding hydrogens is 412 g/mol. The first-order valence-corrected chi connectivity index (χ1v) is 11.2. The molecule has 0 aliphatic carbocycles. The molecule has 9 heteroatoms. The lowest BCUT2D eigenvalue weighted by atomic mass is 10.2. The summed E-state index contributed by atoms with van der Waals surface area (Å²) in [7, 11) is 0. The molecule has 0 spiro atoms. The number of amides is 1. The van der Waals surface area contributed by atoms with Gasteiger partial charge in [-0.15, -0.1) is 11.8 Å². The average molecular weight is 439 g/mol. The van der Waals surface area contributed by atoms with Crippen LogP contribution in [0.5, 0.6) is 0 Å². The second-order valence-corrected chi connectivity index (χ2v) is 8.08. The van der Waals surface area contributed by atoms with E-state index in [1.165, 1.54) is 21.2 Å². The Bertz CT molecular complexity index is 940. The van der Waals surface area contributed by atoms with Gasteiger partial charge in [0.2, 0.25) is 5.91 Å². The van der Waals surface area contributed by atoms with Crippen LogP contribution in [0.1, 0.15) is 38.7 Å². The van der Waals surface area contributed by atoms with Gasteiger partial charge in [-0.3, -0.25) is 19.1 Å². The minimum Gasteiger partial charge on any atom is -0.383 e. The summed E-state index contributed by atoms with van der Waals surface area (Å²) in [5, 5.41) is 0.664. The Morgan fingerprint density at radius 2 is 1.90 bits per heavy atom. The van der Waals surface area contributed by atoms with Crippen LogP contribution in [-0.4, -0.2) is 27.8 Å². The van der Waals surface area contributed by atoms with Crippen molar-refractivity contribution in [2.75, 3.05) is 22.9 Å². The number of benzene rings is 1. The van der Waals surface area contributed by atoms with Crippen molar-refractivity contribution < 1.29 is 4.79 Å². The van der Waals surface area contributed by atoms with E-state index in [1.54, 1.807) is 0 Å². The topological polar surface area (TPSA) is 101 Å². The lowest BCUT2D eigenvalue weighted by Crippen LogP contribution is -2.42. The summed E-state index contributed by atoms with van der Waals surface area (Å²) >= 11 is 7.34. The lowest BCUT2D eigenvalue weighted by Gasteiger charge is -2.24. The number of halogens is 1. The first-order valence-electron chi connectivity index (χ1n) is 9.64. The zero-order chi connectivity index (χ0) is 21.4. The van der Waals surface area contributed by atoms with Gasteiger partial charge in [-0.2, -0.15) is 0 Å². The number of aromatic amines is 1. The van der Waals surface area contributed by atoms with Crippen LogP contribution in [0.4, 0.5) is 11.5 Å². The number of thioether (sulfide) groups is 1. The number of hydrogen-bond donors (Lipinski definition) is 2. The van der Waals surface area contributed by atoms with Crippen LogP contribution >= 0.6 is 23.4 Å². The van der Waals surface area contributed by atoms with Crippen LogP contribution in [0.3, 0.4) is 0 Å². The number of aromatic nitrogens is 2. The summed E-state index contributed by atoms with van der Waals surface area (Å²) in [6.45, 7) is 4.65. The smallest absolute Gasteiger partial charge is 0.330 e. The Labute approximate surface area is 179 Å². The van der Waals surface area contributed by atoms with E-state index in [4.69, 9.17) is 17.3 Å². The zero-order valence-corrected chi connectivity index (χ0v) is 18.3. The highest BCUT2D eigenvalue weighted by Crippen LogP contribution is 2.21. The van der Waals surface area contributed by atoms with Crippen molar-refractivity contribution in [3.63, 3.8) is 0 Å². The molecule has 1 heterocycles. The van der Waals surface area contributed by atoms with Crippen molar-refractivity contribution in [3.05, 3.63) is 55.7 Å². The van der Waals surface area contributed by atoms with Crippen LogP contribution < -0.4 is 21.9 Å². The number of anilines is 2. The highest BCUT2D eigenvalue weighted by atomic mass is 35.5. The highest BCUT2D eigenvalue weighted by molar-refractivity contribution is 7.99. The summed E-state index contributed by atoms with van der Waals surface area (Å²) < 4.78 is 1.33. The van der Waals surface area contributed by atoms with Crippen molar-refractivity contribution in [3.8, 4) is 0 Å². The summed E-state index contributed by atoms with van der Waals surface area (Å²) in [5.74, 6) is 0.653. The maximum absolute atomic E-state index is 12.9. The van der Waals surface area contributed by atoms with Gasteiger partial charge >= 0.3 is 5.69 Å². The number of hydrogen-bond acceptors (Lipinski definition) is 5. The second kappa shape index (κ2) is 11.1. The van der Waals surface area contributed by atoms with Crippen LogP contribution in [0.15, 0.2) is 33.9 Å². The maximum atomic E-state index is 12.9. The van der Waals surface area contributed by atoms with Gasteiger partial charge in [0.25, 0.3) is 5.56 Å². The molecule has 0 atom stereocenters. The number of nitrogens with zero attached hydrogens (tertiary/aromatic N) is 2. The van der Waals surface area contributed by atoms with Gasteiger partial charge < -0.3 is 10.6 Å². The summed E-state index contributed by atoms with van der Waals surface area (Å²) in [6.07, 6.45) is 2.27. The quantitative estimate of drug-likeness (QED) is 0.592. The van der Waals surface area contributed by atoms with Crippen LogP contribution in [-0.2, 0) is 17.1 Å². The molecule has 0 aliphatic rings. The molecule has 7 nitrogen and oxygen atoms in total. The minimum atomic E-state index is -0.634. The van der Waals surface area contributed by atoms with E-state index in [9.17, 15) is 14.4 Å². The number of carbonyl (C=O) groups is 1. The minimum absolute atomic E-state index is 0.0386. The Kier molecular flexibility index (Phi) is 8.85. The van der Waals surface area contributed by atoms with Gasteiger partial charge in [0.05, 0.1) is 5.75 Å². The summed E-state index contributed by atoms with van der Waals surface area (Å²) in [4.78, 5) is 41.2. The van der Waals surface area contributed by atoms with Gasteiger partial charge in [0, 0.05) is 23.9 Å². The Morgan fingerprint density at radius 1 is 1.21 bits per heavy atom. The molecule has 0 fully saturated rings. The van der Waals surface area contributed by atoms with Crippen molar-refractivity contribution >= 4 is 40.8 Å². The van der Waals surface area contributed by atoms with E-state index in [0.29, 0.717) is 30.3 Å². The van der Waals surface area contributed by atoms with E-state index in [1.807, 2.05) is 38.1 Å². The third-order valence-electron chi connectivity index (χ3n) is 4.38. The fraction of sp³-hybridized carbons (Fsp3) is 0.450. The second-order valence-electron chi connectivity index (χ2n) is 6.66. The van der Waals surface area contributed by atoms with E-state index in [0.717, 1.165) is 18.4 Å². The maximum Gasteiger partial charge on any atom is 0.330 e. The molecule has 29 heavy (non-hydrogen) atoms. The third kappa shape index (κ3) is 6.14. The van der Waals surface area contributed by atoms with Gasteiger partial charge in [-0.25, -0.2) is 4.79 Å². The Morgan fingerprint density at radius 3 is 2.52 bits per heavy atom. The van der Waals surface area contributed by atoms with E-state index >= 15 is 0 Å². The molecule has 0 unspecified atom stereocenters. The number of carbonyl (C=O) groups excluding carboxylic acids is 1. The Balaban J connectivity index is 2.21. The first kappa shape index (κ1) is 23.1. The number of unbranched alkanes of at least 4 members (excludes halogenated alkanes) is 1. The van der Waals surface area contributed by atoms with Gasteiger partial charge in [-0.1, -0.05) is 44.0 Å². The predicted octanol–water partition coefficient (Wildman–Crippen LogP) is 3.25. The number of H-pyrrole nitrogens is 1. The van der Waals surface area contributed by atoms with E-state index in [2.05, 4.69) is 4.98 Å². The normalized spacial score (nSPS) is 10.9. The van der Waals surface area contributed by atoms with Gasteiger partial charge in [0.15, 0.2) is 5.69 Å². The number of rotatable bonds is 10. The molecule has 0 aliphatic heterocycles. The standard InChI is InChI=1S/C20H27ClN4O3S/c1-3-5-11-25-18(22)17(19(27)23-20(25)28)24(10-4-2)16(26)13-29-12-14-6-8-15(21)9-7-14/h6-9H,3-5,10-13,22H2,1-2H3,(H,23,27,28). The molecule has 0 bridgehead atoms. The van der Waals surface area contributed by atoms with Gasteiger partial charge in [-0.05, 0) is 30.5 Å². The molecule has 0 saturated carbocycles. The fourth-order valence-electron chi connectivity index (χ4n) is 2.88. The summed E-state index contributed by atoms with van der Waals surface area (Å²) in [5.41, 5.74) is 6.08. The largest absolute Gasteiger partial charge is 0.383 e. The number of nitrogen functional groups attached to an aromatic ring is 1. The molecule has 0 saturated heterocycles. The van der Waals surface area contributed by atoms with E-state index < -0.39 is 11.2 Å². The molecule has 2 aromatic rings. The predicted molar refractivity (Wildman–Crippen MR) is 121 cm³/mol. The molecular formula is C20H27ClN4O3S. The molecule has 1 aromatic carbocycles. The SMILES string of the molecule is CCCCn1c(N)c(N(CCC)C(=O)CSCc2ccc(Cl)cc2)c(=O)[nH]c1=O. The Hall–Kier alpha value is -2.19. The van der Waals surface area contributed by atoms with Crippen LogP contribution in [0, 0.1) is 0 Å². The molecule has 1 aromatic heterocycles.